The number of thiophene rings is 1. The predicted molar refractivity (Wildman–Crippen MR) is 110 cm³/mol. The van der Waals surface area contributed by atoms with Gasteiger partial charge in [0.2, 0.25) is 10.0 Å². The molecule has 9 heteroatoms. The van der Waals surface area contributed by atoms with Gasteiger partial charge in [-0.2, -0.15) is 0 Å². The average molecular weight is 411 g/mol. The molecule has 0 aliphatic rings. The molecule has 0 aliphatic carbocycles. The Morgan fingerprint density at radius 2 is 1.93 bits per heavy atom. The van der Waals surface area contributed by atoms with Gasteiger partial charge in [-0.05, 0) is 23.9 Å². The number of guanidine groups is 1. The minimum atomic E-state index is -3.46. The van der Waals surface area contributed by atoms with E-state index in [0.29, 0.717) is 29.8 Å². The first-order valence-electron chi connectivity index (χ1n) is 8.78. The Balaban J connectivity index is 1.86. The van der Waals surface area contributed by atoms with Crippen molar-refractivity contribution in [2.45, 2.75) is 17.1 Å². The van der Waals surface area contributed by atoms with Crippen molar-refractivity contribution in [3.63, 3.8) is 0 Å². The summed E-state index contributed by atoms with van der Waals surface area (Å²) in [6, 6.07) is 13.0. The maximum Gasteiger partial charge on any atom is 0.250 e. The summed E-state index contributed by atoms with van der Waals surface area (Å²) in [5, 5.41) is 17.6. The lowest BCUT2D eigenvalue weighted by Crippen LogP contribution is -2.41. The average Bonchev–Trinajstić information content (AvgIpc) is 3.22. The SMILES string of the molecule is CCNC(=NCC(CO)c1ccccc1)NCCNS(=O)(=O)c1cccs1. The van der Waals surface area contributed by atoms with Crippen LogP contribution in [0.4, 0.5) is 0 Å². The molecule has 1 atom stereocenters. The lowest BCUT2D eigenvalue weighted by molar-refractivity contribution is 0.268. The molecule has 1 aromatic heterocycles. The molecule has 0 bridgehead atoms. The standard InChI is InChI=1S/C18H26N4O3S2/c1-2-19-18(21-13-16(14-23)15-7-4-3-5-8-15)20-10-11-22-27(24,25)17-9-6-12-26-17/h3-9,12,16,22-23H,2,10-11,13-14H2,1H3,(H2,19,20,21). The number of aliphatic imine (C=N–C) groups is 1. The van der Waals surface area contributed by atoms with Gasteiger partial charge in [0.05, 0.1) is 13.2 Å². The summed E-state index contributed by atoms with van der Waals surface area (Å²) in [6.45, 7) is 3.71. The first kappa shape index (κ1) is 21.4. The lowest BCUT2D eigenvalue weighted by Gasteiger charge is -2.15. The number of benzene rings is 1. The molecule has 0 amide bonds. The number of nitrogens with one attached hydrogen (secondary N) is 3. The maximum absolute atomic E-state index is 12.1. The van der Waals surface area contributed by atoms with Gasteiger partial charge in [0.25, 0.3) is 0 Å². The molecular formula is C18H26N4O3S2. The van der Waals surface area contributed by atoms with Gasteiger partial charge in [-0.1, -0.05) is 36.4 Å². The third kappa shape index (κ3) is 6.94. The highest BCUT2D eigenvalue weighted by molar-refractivity contribution is 7.91. The van der Waals surface area contributed by atoms with Crippen molar-refractivity contribution in [3.8, 4) is 0 Å². The summed E-state index contributed by atoms with van der Waals surface area (Å²) < 4.78 is 27.0. The molecule has 148 valence electrons. The van der Waals surface area contributed by atoms with Crippen molar-refractivity contribution < 1.29 is 13.5 Å². The largest absolute Gasteiger partial charge is 0.396 e. The molecule has 0 aliphatic heterocycles. The molecule has 0 fully saturated rings. The topological polar surface area (TPSA) is 103 Å². The zero-order valence-electron chi connectivity index (χ0n) is 15.3. The molecule has 0 saturated carbocycles. The second-order valence-electron chi connectivity index (χ2n) is 5.77. The molecule has 1 aromatic carbocycles. The van der Waals surface area contributed by atoms with Crippen molar-refractivity contribution in [1.82, 2.24) is 15.4 Å². The minimum Gasteiger partial charge on any atom is -0.396 e. The Kier molecular flexibility index (Phi) is 8.73. The van der Waals surface area contributed by atoms with Gasteiger partial charge >= 0.3 is 0 Å². The molecule has 2 aromatic rings. The number of aliphatic hydroxyl groups is 1. The van der Waals surface area contributed by atoms with Crippen LogP contribution >= 0.6 is 11.3 Å². The summed E-state index contributed by atoms with van der Waals surface area (Å²) in [5.74, 6) is 0.501. The lowest BCUT2D eigenvalue weighted by atomic mass is 10.0. The Bertz CT molecular complexity index is 793. The van der Waals surface area contributed by atoms with E-state index in [1.54, 1.807) is 17.5 Å². The van der Waals surface area contributed by atoms with Crippen LogP contribution in [-0.4, -0.2) is 52.3 Å². The highest BCUT2D eigenvalue weighted by Crippen LogP contribution is 2.15. The van der Waals surface area contributed by atoms with Gasteiger partial charge in [0, 0.05) is 25.6 Å². The van der Waals surface area contributed by atoms with E-state index >= 15 is 0 Å². The van der Waals surface area contributed by atoms with Gasteiger partial charge in [0.15, 0.2) is 5.96 Å². The van der Waals surface area contributed by atoms with Crippen molar-refractivity contribution in [2.75, 3.05) is 32.8 Å². The third-order valence-corrected chi connectivity index (χ3v) is 6.63. The van der Waals surface area contributed by atoms with E-state index in [1.807, 2.05) is 37.3 Å². The summed E-state index contributed by atoms with van der Waals surface area (Å²) in [7, 11) is -3.46. The van der Waals surface area contributed by atoms with E-state index in [2.05, 4.69) is 20.3 Å². The Labute approximate surface area is 164 Å². The van der Waals surface area contributed by atoms with Crippen LogP contribution < -0.4 is 15.4 Å². The van der Waals surface area contributed by atoms with E-state index < -0.39 is 10.0 Å². The number of rotatable bonds is 10. The Morgan fingerprint density at radius 3 is 2.56 bits per heavy atom. The second-order valence-corrected chi connectivity index (χ2v) is 8.71. The van der Waals surface area contributed by atoms with Gasteiger partial charge in [-0.25, -0.2) is 13.1 Å². The zero-order valence-corrected chi connectivity index (χ0v) is 16.9. The van der Waals surface area contributed by atoms with Crippen LogP contribution in [0, 0.1) is 0 Å². The molecule has 1 unspecified atom stereocenters. The van der Waals surface area contributed by atoms with E-state index in [1.165, 1.54) is 11.3 Å². The summed E-state index contributed by atoms with van der Waals surface area (Å²) >= 11 is 1.18. The summed E-state index contributed by atoms with van der Waals surface area (Å²) in [6.07, 6.45) is 0. The number of hydrogen-bond acceptors (Lipinski definition) is 5. The molecule has 1 heterocycles. The first-order valence-corrected chi connectivity index (χ1v) is 11.1. The van der Waals surface area contributed by atoms with E-state index in [-0.39, 0.29) is 19.1 Å². The number of aliphatic hydroxyl groups excluding tert-OH is 1. The molecule has 0 spiro atoms. The minimum absolute atomic E-state index is 0.00747. The maximum atomic E-state index is 12.1. The van der Waals surface area contributed by atoms with Gasteiger partial charge < -0.3 is 15.7 Å². The molecule has 2 rings (SSSR count). The van der Waals surface area contributed by atoms with E-state index in [4.69, 9.17) is 0 Å². The van der Waals surface area contributed by atoms with Crippen LogP contribution in [0.3, 0.4) is 0 Å². The molecule has 0 radical (unpaired) electrons. The Morgan fingerprint density at radius 1 is 1.15 bits per heavy atom. The highest BCUT2D eigenvalue weighted by Gasteiger charge is 2.14. The number of hydrogen-bond donors (Lipinski definition) is 4. The van der Waals surface area contributed by atoms with Crippen molar-refractivity contribution in [1.29, 1.82) is 0 Å². The van der Waals surface area contributed by atoms with Crippen LogP contribution in [0.2, 0.25) is 0 Å². The Hall–Kier alpha value is -1.94. The van der Waals surface area contributed by atoms with Crippen LogP contribution in [0.5, 0.6) is 0 Å². The van der Waals surface area contributed by atoms with Crippen LogP contribution in [0.25, 0.3) is 0 Å². The van der Waals surface area contributed by atoms with Crippen LogP contribution in [0.15, 0.2) is 57.0 Å². The molecule has 0 saturated heterocycles. The molecule has 27 heavy (non-hydrogen) atoms. The van der Waals surface area contributed by atoms with Crippen molar-refractivity contribution in [2.24, 2.45) is 4.99 Å². The highest BCUT2D eigenvalue weighted by atomic mass is 32.2. The normalized spacial score (nSPS) is 13.3. The van der Waals surface area contributed by atoms with Gasteiger partial charge in [-0.3, -0.25) is 4.99 Å². The number of sulfonamides is 1. The summed E-state index contributed by atoms with van der Waals surface area (Å²) in [4.78, 5) is 4.50. The second kappa shape index (κ2) is 11.0. The molecule has 4 N–H and O–H groups in total. The van der Waals surface area contributed by atoms with Gasteiger partial charge in [-0.15, -0.1) is 11.3 Å². The van der Waals surface area contributed by atoms with E-state index in [0.717, 1.165) is 5.56 Å². The number of nitrogens with zero attached hydrogens (tertiary/aromatic N) is 1. The molecular weight excluding hydrogens is 384 g/mol. The fourth-order valence-corrected chi connectivity index (χ4v) is 4.46. The van der Waals surface area contributed by atoms with Gasteiger partial charge in [0.1, 0.15) is 4.21 Å². The zero-order chi connectivity index (χ0) is 19.5. The first-order chi connectivity index (χ1) is 13.1. The quantitative estimate of drug-likeness (QED) is 0.269. The third-order valence-electron chi connectivity index (χ3n) is 3.77. The fourth-order valence-electron chi connectivity index (χ4n) is 2.39. The van der Waals surface area contributed by atoms with Crippen LogP contribution in [-0.2, 0) is 10.0 Å². The van der Waals surface area contributed by atoms with Crippen molar-refractivity contribution in [3.05, 3.63) is 53.4 Å². The smallest absolute Gasteiger partial charge is 0.250 e. The fraction of sp³-hybridized carbons (Fsp3) is 0.389. The van der Waals surface area contributed by atoms with E-state index in [9.17, 15) is 13.5 Å². The summed E-state index contributed by atoms with van der Waals surface area (Å²) in [5.41, 5.74) is 1.03. The predicted octanol–water partition coefficient (Wildman–Crippen LogP) is 1.36. The molecule has 7 nitrogen and oxygen atoms in total. The monoisotopic (exact) mass is 410 g/mol. The van der Waals surface area contributed by atoms with Crippen molar-refractivity contribution >= 4 is 27.3 Å². The van der Waals surface area contributed by atoms with Crippen LogP contribution in [0.1, 0.15) is 18.4 Å².